The third-order valence-corrected chi connectivity index (χ3v) is 3.89. The standard InChI is InChI=1S/C12H12FNO3S/c13-9-3-1-8(2-4-9)11(15)14-5-6-18-10(7-14)12(16)17/h1-4,10H,5-7H2,(H,16,17). The number of carbonyl (C=O) groups excluding carboxylic acids is 1. The van der Waals surface area contributed by atoms with Crippen molar-refractivity contribution in [2.75, 3.05) is 18.8 Å². The predicted molar refractivity (Wildman–Crippen MR) is 66.2 cm³/mol. The van der Waals surface area contributed by atoms with Gasteiger partial charge in [-0.25, -0.2) is 4.39 Å². The molecule has 0 spiro atoms. The van der Waals surface area contributed by atoms with E-state index >= 15 is 0 Å². The molecule has 0 bridgehead atoms. The third kappa shape index (κ3) is 2.81. The van der Waals surface area contributed by atoms with Crippen LogP contribution in [0.2, 0.25) is 0 Å². The van der Waals surface area contributed by atoms with E-state index in [0.29, 0.717) is 17.9 Å². The zero-order valence-corrected chi connectivity index (χ0v) is 10.3. The van der Waals surface area contributed by atoms with Crippen molar-refractivity contribution in [1.82, 2.24) is 4.90 Å². The lowest BCUT2D eigenvalue weighted by Crippen LogP contribution is -2.44. The molecule has 1 aromatic carbocycles. The fourth-order valence-corrected chi connectivity index (χ4v) is 2.80. The average molecular weight is 269 g/mol. The van der Waals surface area contributed by atoms with Crippen molar-refractivity contribution in [2.45, 2.75) is 5.25 Å². The van der Waals surface area contributed by atoms with E-state index in [9.17, 15) is 14.0 Å². The molecule has 96 valence electrons. The fraction of sp³-hybridized carbons (Fsp3) is 0.333. The van der Waals surface area contributed by atoms with Crippen molar-refractivity contribution in [3.63, 3.8) is 0 Å². The molecule has 0 radical (unpaired) electrons. The Balaban J connectivity index is 2.09. The smallest absolute Gasteiger partial charge is 0.318 e. The van der Waals surface area contributed by atoms with Crippen molar-refractivity contribution in [3.8, 4) is 0 Å². The first-order valence-corrected chi connectivity index (χ1v) is 6.52. The highest BCUT2D eigenvalue weighted by Gasteiger charge is 2.29. The molecule has 18 heavy (non-hydrogen) atoms. The maximum absolute atomic E-state index is 12.8. The number of carboxylic acids is 1. The maximum atomic E-state index is 12.8. The highest BCUT2D eigenvalue weighted by molar-refractivity contribution is 8.00. The Hall–Kier alpha value is -1.56. The molecular weight excluding hydrogens is 257 g/mol. The van der Waals surface area contributed by atoms with E-state index in [4.69, 9.17) is 5.11 Å². The first kappa shape index (κ1) is 12.9. The van der Waals surface area contributed by atoms with Crippen LogP contribution >= 0.6 is 11.8 Å². The molecule has 1 amide bonds. The summed E-state index contributed by atoms with van der Waals surface area (Å²) < 4.78 is 12.8. The zero-order valence-electron chi connectivity index (χ0n) is 9.51. The van der Waals surface area contributed by atoms with E-state index in [0.717, 1.165) is 0 Å². The average Bonchev–Trinajstić information content (AvgIpc) is 2.39. The van der Waals surface area contributed by atoms with Gasteiger partial charge in [-0.3, -0.25) is 9.59 Å². The highest BCUT2D eigenvalue weighted by Crippen LogP contribution is 2.20. The second-order valence-electron chi connectivity index (χ2n) is 3.96. The summed E-state index contributed by atoms with van der Waals surface area (Å²) in [6.45, 7) is 0.709. The predicted octanol–water partition coefficient (Wildman–Crippen LogP) is 1.47. The molecule has 1 N–H and O–H groups in total. The van der Waals surface area contributed by atoms with Gasteiger partial charge in [0, 0.05) is 24.4 Å². The summed E-state index contributed by atoms with van der Waals surface area (Å²) >= 11 is 1.34. The molecule has 1 heterocycles. The maximum Gasteiger partial charge on any atom is 0.318 e. The second-order valence-corrected chi connectivity index (χ2v) is 5.27. The van der Waals surface area contributed by atoms with Gasteiger partial charge < -0.3 is 10.0 Å². The van der Waals surface area contributed by atoms with Crippen LogP contribution in [-0.4, -0.2) is 46.0 Å². The topological polar surface area (TPSA) is 57.6 Å². The molecule has 0 aliphatic carbocycles. The van der Waals surface area contributed by atoms with E-state index in [1.54, 1.807) is 0 Å². The number of benzene rings is 1. The molecule has 1 aliphatic heterocycles. The van der Waals surface area contributed by atoms with Gasteiger partial charge >= 0.3 is 5.97 Å². The number of thioether (sulfide) groups is 1. The molecule has 1 unspecified atom stereocenters. The third-order valence-electron chi connectivity index (χ3n) is 2.72. The summed E-state index contributed by atoms with van der Waals surface area (Å²) in [6.07, 6.45) is 0. The van der Waals surface area contributed by atoms with E-state index in [2.05, 4.69) is 0 Å². The summed E-state index contributed by atoms with van der Waals surface area (Å²) in [6, 6.07) is 5.27. The molecule has 6 heteroatoms. The van der Waals surface area contributed by atoms with Gasteiger partial charge in [-0.2, -0.15) is 0 Å². The van der Waals surface area contributed by atoms with Gasteiger partial charge in [-0.1, -0.05) is 0 Å². The molecule has 1 saturated heterocycles. The van der Waals surface area contributed by atoms with Crippen LogP contribution in [-0.2, 0) is 4.79 Å². The van der Waals surface area contributed by atoms with Crippen molar-refractivity contribution >= 4 is 23.6 Å². The van der Waals surface area contributed by atoms with Crippen LogP contribution in [0.4, 0.5) is 4.39 Å². The molecule has 1 aliphatic rings. The number of aliphatic carboxylic acids is 1. The van der Waals surface area contributed by atoms with Gasteiger partial charge in [-0.15, -0.1) is 11.8 Å². The van der Waals surface area contributed by atoms with Crippen LogP contribution in [0.1, 0.15) is 10.4 Å². The van der Waals surface area contributed by atoms with Gasteiger partial charge in [0.15, 0.2) is 0 Å². The van der Waals surface area contributed by atoms with Crippen LogP contribution < -0.4 is 0 Å². The molecule has 2 rings (SSSR count). The van der Waals surface area contributed by atoms with Gasteiger partial charge in [-0.05, 0) is 24.3 Å². The number of amides is 1. The van der Waals surface area contributed by atoms with Crippen molar-refractivity contribution in [3.05, 3.63) is 35.6 Å². The Bertz CT molecular complexity index is 463. The number of nitrogens with zero attached hydrogens (tertiary/aromatic N) is 1. The van der Waals surface area contributed by atoms with E-state index < -0.39 is 17.0 Å². The summed E-state index contributed by atoms with van der Waals surface area (Å²) in [4.78, 5) is 24.5. The van der Waals surface area contributed by atoms with Gasteiger partial charge in [0.1, 0.15) is 11.1 Å². The van der Waals surface area contributed by atoms with E-state index in [1.807, 2.05) is 0 Å². The Morgan fingerprint density at radius 2 is 2.00 bits per heavy atom. The second kappa shape index (κ2) is 5.39. The number of carbonyl (C=O) groups is 2. The Labute approximate surface area is 108 Å². The largest absolute Gasteiger partial charge is 0.480 e. The van der Waals surface area contributed by atoms with Crippen molar-refractivity contribution < 1.29 is 19.1 Å². The summed E-state index contributed by atoms with van der Waals surface area (Å²) in [5, 5.41) is 8.36. The highest BCUT2D eigenvalue weighted by atomic mass is 32.2. The Kier molecular flexibility index (Phi) is 3.86. The molecule has 1 fully saturated rings. The Morgan fingerprint density at radius 1 is 1.33 bits per heavy atom. The number of hydrogen-bond acceptors (Lipinski definition) is 3. The van der Waals surface area contributed by atoms with Crippen LogP contribution in [0, 0.1) is 5.82 Å². The Morgan fingerprint density at radius 3 is 2.61 bits per heavy atom. The number of carboxylic acid groups (broad SMARTS) is 1. The number of halogens is 1. The van der Waals surface area contributed by atoms with Crippen LogP contribution in [0.15, 0.2) is 24.3 Å². The first-order chi connectivity index (χ1) is 8.58. The normalized spacial score (nSPS) is 19.6. The minimum atomic E-state index is -0.906. The number of hydrogen-bond donors (Lipinski definition) is 1. The summed E-state index contributed by atoms with van der Waals surface area (Å²) in [5.41, 5.74) is 0.382. The lowest BCUT2D eigenvalue weighted by molar-refractivity contribution is -0.136. The molecule has 0 saturated carbocycles. The van der Waals surface area contributed by atoms with Crippen LogP contribution in [0.5, 0.6) is 0 Å². The van der Waals surface area contributed by atoms with Gasteiger partial charge in [0.05, 0.1) is 0 Å². The SMILES string of the molecule is O=C(O)C1CN(C(=O)c2ccc(F)cc2)CCS1. The van der Waals surface area contributed by atoms with Crippen LogP contribution in [0.3, 0.4) is 0 Å². The molecule has 4 nitrogen and oxygen atoms in total. The number of rotatable bonds is 2. The first-order valence-electron chi connectivity index (χ1n) is 5.47. The monoisotopic (exact) mass is 269 g/mol. The molecule has 0 aromatic heterocycles. The quantitative estimate of drug-likeness (QED) is 0.883. The van der Waals surface area contributed by atoms with Crippen molar-refractivity contribution in [2.24, 2.45) is 0 Å². The molecule has 1 aromatic rings. The summed E-state index contributed by atoms with van der Waals surface area (Å²) in [7, 11) is 0. The van der Waals surface area contributed by atoms with E-state index in [1.165, 1.54) is 40.9 Å². The van der Waals surface area contributed by atoms with E-state index in [-0.39, 0.29) is 12.5 Å². The fourth-order valence-electron chi connectivity index (χ4n) is 1.76. The molecule has 1 atom stereocenters. The van der Waals surface area contributed by atoms with Gasteiger partial charge in [0.25, 0.3) is 5.91 Å². The van der Waals surface area contributed by atoms with Crippen molar-refractivity contribution in [1.29, 1.82) is 0 Å². The lowest BCUT2D eigenvalue weighted by Gasteiger charge is -2.30. The lowest BCUT2D eigenvalue weighted by atomic mass is 10.2. The minimum Gasteiger partial charge on any atom is -0.480 e. The summed E-state index contributed by atoms with van der Waals surface area (Å²) in [5.74, 6) is -0.952. The minimum absolute atomic E-state index is 0.191. The van der Waals surface area contributed by atoms with Gasteiger partial charge in [0.2, 0.25) is 0 Å². The van der Waals surface area contributed by atoms with Crippen LogP contribution in [0.25, 0.3) is 0 Å². The molecular formula is C12H12FNO3S. The zero-order chi connectivity index (χ0) is 13.1.